The number of aromatic nitrogens is 2. The minimum atomic E-state index is -3.62. The van der Waals surface area contributed by atoms with Gasteiger partial charge in [-0.1, -0.05) is 31.7 Å². The Morgan fingerprint density at radius 3 is 2.64 bits per heavy atom. The maximum atomic E-state index is 14.1. The van der Waals surface area contributed by atoms with Crippen molar-refractivity contribution in [3.05, 3.63) is 53.6 Å². The van der Waals surface area contributed by atoms with Gasteiger partial charge in [-0.2, -0.15) is 4.31 Å². The summed E-state index contributed by atoms with van der Waals surface area (Å²) in [6.07, 6.45) is 1.97. The van der Waals surface area contributed by atoms with E-state index in [1.165, 1.54) is 28.2 Å². The molecular formula is C23H27F2N3O3S2. The Morgan fingerprint density at radius 1 is 1.18 bits per heavy atom. The number of ether oxygens (including phenoxy) is 1. The van der Waals surface area contributed by atoms with E-state index in [0.717, 1.165) is 24.4 Å². The highest BCUT2D eigenvalue weighted by atomic mass is 32.2. The number of sulfonamides is 1. The van der Waals surface area contributed by atoms with Crippen LogP contribution in [0.4, 0.5) is 8.78 Å². The smallest absolute Gasteiger partial charge is 0.243 e. The van der Waals surface area contributed by atoms with Gasteiger partial charge in [0.05, 0.1) is 28.6 Å². The summed E-state index contributed by atoms with van der Waals surface area (Å²) in [4.78, 5) is 4.89. The summed E-state index contributed by atoms with van der Waals surface area (Å²) in [6, 6.07) is 8.51. The molecule has 6 nitrogen and oxygen atoms in total. The van der Waals surface area contributed by atoms with Crippen LogP contribution in [0.2, 0.25) is 0 Å². The van der Waals surface area contributed by atoms with Crippen LogP contribution >= 0.6 is 11.8 Å². The van der Waals surface area contributed by atoms with Crippen molar-refractivity contribution < 1.29 is 21.9 Å². The van der Waals surface area contributed by atoms with E-state index >= 15 is 0 Å². The summed E-state index contributed by atoms with van der Waals surface area (Å²) in [7, 11) is -3.62. The highest BCUT2D eigenvalue weighted by Crippen LogP contribution is 2.31. The first kappa shape index (κ1) is 24.1. The molecule has 0 unspecified atom stereocenters. The Morgan fingerprint density at radius 2 is 1.97 bits per heavy atom. The summed E-state index contributed by atoms with van der Waals surface area (Å²) in [5, 5.41) is 0.640. The molecule has 178 valence electrons. The zero-order chi connectivity index (χ0) is 23.6. The van der Waals surface area contributed by atoms with Crippen LogP contribution in [0.25, 0.3) is 11.0 Å². The van der Waals surface area contributed by atoms with Gasteiger partial charge in [-0.05, 0) is 42.7 Å². The van der Waals surface area contributed by atoms with Crippen LogP contribution in [0.5, 0.6) is 0 Å². The van der Waals surface area contributed by atoms with Crippen LogP contribution < -0.4 is 0 Å². The van der Waals surface area contributed by atoms with Crippen molar-refractivity contribution in [3.8, 4) is 0 Å². The quantitative estimate of drug-likeness (QED) is 0.399. The van der Waals surface area contributed by atoms with Crippen molar-refractivity contribution in [2.45, 2.75) is 55.1 Å². The van der Waals surface area contributed by atoms with Gasteiger partial charge in [0.25, 0.3) is 0 Å². The van der Waals surface area contributed by atoms with Gasteiger partial charge >= 0.3 is 0 Å². The molecule has 1 aliphatic heterocycles. The summed E-state index contributed by atoms with van der Waals surface area (Å²) < 4.78 is 62.6. The number of fused-ring (bicyclic) bond motifs is 1. The first-order valence-corrected chi connectivity index (χ1v) is 13.4. The van der Waals surface area contributed by atoms with Crippen molar-refractivity contribution in [2.24, 2.45) is 0 Å². The van der Waals surface area contributed by atoms with E-state index in [2.05, 4.69) is 0 Å². The van der Waals surface area contributed by atoms with Gasteiger partial charge in [0.15, 0.2) is 5.16 Å². The van der Waals surface area contributed by atoms with Gasteiger partial charge in [-0.15, -0.1) is 0 Å². The van der Waals surface area contributed by atoms with E-state index in [1.54, 1.807) is 32.0 Å². The number of imidazole rings is 1. The third-order valence-electron chi connectivity index (χ3n) is 5.81. The van der Waals surface area contributed by atoms with E-state index in [9.17, 15) is 17.2 Å². The molecule has 2 heterocycles. The van der Waals surface area contributed by atoms with Gasteiger partial charge < -0.3 is 9.30 Å². The molecule has 10 heteroatoms. The monoisotopic (exact) mass is 495 g/mol. The molecule has 0 N–H and O–H groups in total. The molecule has 0 radical (unpaired) electrons. The molecule has 1 aromatic heterocycles. The third kappa shape index (κ3) is 5.08. The highest BCUT2D eigenvalue weighted by Gasteiger charge is 2.25. The van der Waals surface area contributed by atoms with Crippen LogP contribution in [0, 0.1) is 11.6 Å². The Bertz CT molecular complexity index is 1240. The SMILES string of the molecule is CCN(CC)S(=O)(=O)c1ccc2c(c1)nc(SCc1ccc(F)cc1F)n2C[C@H]1CCCO1. The molecule has 3 aromatic rings. The fraction of sp³-hybridized carbons (Fsp3) is 0.435. The van der Waals surface area contributed by atoms with Gasteiger partial charge in [0.2, 0.25) is 10.0 Å². The summed E-state index contributed by atoms with van der Waals surface area (Å²) in [5.74, 6) is -0.948. The molecule has 1 aliphatic rings. The van der Waals surface area contributed by atoms with Crippen LogP contribution in [-0.2, 0) is 27.1 Å². The molecule has 0 bridgehead atoms. The minimum Gasteiger partial charge on any atom is -0.376 e. The largest absolute Gasteiger partial charge is 0.376 e. The van der Waals surface area contributed by atoms with Crippen molar-refractivity contribution >= 4 is 32.8 Å². The summed E-state index contributed by atoms with van der Waals surface area (Å²) in [6.45, 7) is 5.67. The molecule has 0 spiro atoms. The van der Waals surface area contributed by atoms with Gasteiger partial charge in [0.1, 0.15) is 11.6 Å². The van der Waals surface area contributed by atoms with E-state index in [-0.39, 0.29) is 16.8 Å². The highest BCUT2D eigenvalue weighted by molar-refractivity contribution is 7.98. The van der Waals surface area contributed by atoms with Crippen molar-refractivity contribution in [1.82, 2.24) is 13.9 Å². The third-order valence-corrected chi connectivity index (χ3v) is 8.88. The van der Waals surface area contributed by atoms with E-state index in [1.807, 2.05) is 4.57 Å². The van der Waals surface area contributed by atoms with E-state index < -0.39 is 21.7 Å². The number of thioether (sulfide) groups is 1. The average Bonchev–Trinajstić information content (AvgIpc) is 3.42. The predicted octanol–water partition coefficient (Wildman–Crippen LogP) is 4.82. The van der Waals surface area contributed by atoms with E-state index in [4.69, 9.17) is 9.72 Å². The lowest BCUT2D eigenvalue weighted by Crippen LogP contribution is -2.30. The standard InChI is InChI=1S/C23H27F2N3O3S2/c1-3-27(4-2)33(29,30)19-9-10-22-21(13-19)26-23(28(22)14-18-6-5-11-31-18)32-15-16-7-8-17(24)12-20(16)25/h7-10,12-13,18H,3-6,11,14-15H2,1-2H3/t18-/m1/s1. The molecule has 4 rings (SSSR count). The normalized spacial score (nSPS) is 16.8. The second-order valence-corrected chi connectivity index (χ2v) is 10.8. The number of benzene rings is 2. The lowest BCUT2D eigenvalue weighted by molar-refractivity contribution is 0.0960. The number of hydrogen-bond acceptors (Lipinski definition) is 5. The zero-order valence-electron chi connectivity index (χ0n) is 18.6. The number of nitrogens with zero attached hydrogens (tertiary/aromatic N) is 3. The summed E-state index contributed by atoms with van der Waals surface area (Å²) >= 11 is 1.33. The Kier molecular flexibility index (Phi) is 7.37. The molecule has 33 heavy (non-hydrogen) atoms. The molecule has 1 fully saturated rings. The fourth-order valence-electron chi connectivity index (χ4n) is 4.02. The Hall–Kier alpha value is -2.01. The number of hydrogen-bond donors (Lipinski definition) is 0. The van der Waals surface area contributed by atoms with Gasteiger partial charge in [0, 0.05) is 31.5 Å². The van der Waals surface area contributed by atoms with Crippen LogP contribution in [0.15, 0.2) is 46.5 Å². The van der Waals surface area contributed by atoms with Crippen LogP contribution in [0.1, 0.15) is 32.3 Å². The molecule has 0 aliphatic carbocycles. The van der Waals surface area contributed by atoms with Crippen molar-refractivity contribution in [3.63, 3.8) is 0 Å². The second-order valence-electron chi connectivity index (χ2n) is 7.90. The van der Waals surface area contributed by atoms with E-state index in [0.29, 0.717) is 42.5 Å². The minimum absolute atomic E-state index is 0.0448. The molecule has 1 atom stereocenters. The number of rotatable bonds is 9. The lowest BCUT2D eigenvalue weighted by atomic mass is 10.2. The fourth-order valence-corrected chi connectivity index (χ4v) is 6.51. The maximum Gasteiger partial charge on any atom is 0.243 e. The molecule has 0 amide bonds. The molecular weight excluding hydrogens is 468 g/mol. The average molecular weight is 496 g/mol. The van der Waals surface area contributed by atoms with Crippen molar-refractivity contribution in [2.75, 3.05) is 19.7 Å². The predicted molar refractivity (Wildman–Crippen MR) is 125 cm³/mol. The summed E-state index contributed by atoms with van der Waals surface area (Å²) in [5.41, 5.74) is 1.73. The Labute approximate surface area is 197 Å². The van der Waals surface area contributed by atoms with Crippen molar-refractivity contribution in [1.29, 1.82) is 0 Å². The lowest BCUT2D eigenvalue weighted by Gasteiger charge is -2.18. The van der Waals surface area contributed by atoms with Gasteiger partial charge in [-0.25, -0.2) is 22.2 Å². The van der Waals surface area contributed by atoms with Gasteiger partial charge in [-0.3, -0.25) is 0 Å². The Balaban J connectivity index is 1.70. The zero-order valence-corrected chi connectivity index (χ0v) is 20.3. The topological polar surface area (TPSA) is 64.4 Å². The number of halogens is 2. The molecule has 1 saturated heterocycles. The molecule has 0 saturated carbocycles. The molecule has 2 aromatic carbocycles. The first-order chi connectivity index (χ1) is 15.8. The first-order valence-electron chi connectivity index (χ1n) is 11.0. The second kappa shape index (κ2) is 10.1. The van der Waals surface area contributed by atoms with Crippen LogP contribution in [-0.4, -0.2) is 48.1 Å². The van der Waals surface area contributed by atoms with Crippen LogP contribution in [0.3, 0.4) is 0 Å². The maximum absolute atomic E-state index is 14.1.